The Morgan fingerprint density at radius 2 is 1.68 bits per heavy atom. The van der Waals surface area contributed by atoms with Gasteiger partial charge in [-0.3, -0.25) is 9.59 Å². The Labute approximate surface area is 109 Å². The molecule has 0 unspecified atom stereocenters. The fourth-order valence-corrected chi connectivity index (χ4v) is 2.66. The lowest BCUT2D eigenvalue weighted by atomic mass is 9.82. The van der Waals surface area contributed by atoms with Crippen molar-refractivity contribution < 1.29 is 19.4 Å². The van der Waals surface area contributed by atoms with Crippen molar-refractivity contribution in [2.24, 2.45) is 11.8 Å². The molecule has 98 valence electrons. The summed E-state index contributed by atoms with van der Waals surface area (Å²) in [6, 6.07) is 8.98. The van der Waals surface area contributed by atoms with Crippen LogP contribution in [0.25, 0.3) is 0 Å². The third-order valence-corrected chi connectivity index (χ3v) is 3.53. The molecule has 1 aromatic carbocycles. The van der Waals surface area contributed by atoms with Crippen LogP contribution < -0.4 is 5.32 Å². The molecule has 2 bridgehead atoms. The van der Waals surface area contributed by atoms with Crippen molar-refractivity contribution in [1.29, 1.82) is 0 Å². The van der Waals surface area contributed by atoms with Crippen LogP contribution in [0.1, 0.15) is 0 Å². The zero-order chi connectivity index (χ0) is 13.4. The first-order valence-corrected chi connectivity index (χ1v) is 6.09. The number of carbonyl (C=O) groups is 2. The van der Waals surface area contributed by atoms with E-state index in [-0.39, 0.29) is 5.91 Å². The number of carboxylic acids is 1. The number of carboxylic acid groups (broad SMARTS) is 1. The molecule has 0 saturated carbocycles. The largest absolute Gasteiger partial charge is 0.481 e. The summed E-state index contributed by atoms with van der Waals surface area (Å²) in [6.07, 6.45) is 2.55. The van der Waals surface area contributed by atoms with E-state index in [1.807, 2.05) is 18.2 Å². The van der Waals surface area contributed by atoms with Crippen LogP contribution >= 0.6 is 0 Å². The Bertz CT molecular complexity index is 540. The third kappa shape index (κ3) is 2.02. The molecule has 4 atom stereocenters. The molecule has 0 aliphatic carbocycles. The van der Waals surface area contributed by atoms with Gasteiger partial charge in [0.05, 0.1) is 18.1 Å². The monoisotopic (exact) mass is 259 g/mol. The highest BCUT2D eigenvalue weighted by Crippen LogP contribution is 2.39. The number of nitrogens with one attached hydrogen (secondary N) is 1. The average Bonchev–Trinajstić information content (AvgIpc) is 2.99. The van der Waals surface area contributed by atoms with Crippen molar-refractivity contribution in [1.82, 2.24) is 0 Å². The van der Waals surface area contributed by atoms with Crippen molar-refractivity contribution in [3.63, 3.8) is 0 Å². The number of para-hydroxylation sites is 1. The van der Waals surface area contributed by atoms with Gasteiger partial charge in [-0.05, 0) is 12.1 Å². The highest BCUT2D eigenvalue weighted by molar-refractivity contribution is 5.96. The maximum atomic E-state index is 12.2. The predicted octanol–water partition coefficient (Wildman–Crippen LogP) is 1.28. The van der Waals surface area contributed by atoms with E-state index in [0.717, 1.165) is 0 Å². The minimum atomic E-state index is -0.995. The summed E-state index contributed by atoms with van der Waals surface area (Å²) < 4.78 is 5.46. The fraction of sp³-hybridized carbons (Fsp3) is 0.286. The van der Waals surface area contributed by atoms with Crippen molar-refractivity contribution in [2.45, 2.75) is 12.2 Å². The van der Waals surface area contributed by atoms with E-state index in [2.05, 4.69) is 5.32 Å². The van der Waals surface area contributed by atoms with Gasteiger partial charge in [0.15, 0.2) is 0 Å². The number of rotatable bonds is 3. The van der Waals surface area contributed by atoms with Crippen molar-refractivity contribution in [3.8, 4) is 0 Å². The molecule has 5 nitrogen and oxygen atoms in total. The van der Waals surface area contributed by atoms with Crippen molar-refractivity contribution >= 4 is 17.6 Å². The smallest absolute Gasteiger partial charge is 0.310 e. The van der Waals surface area contributed by atoms with Gasteiger partial charge >= 0.3 is 5.97 Å². The number of ether oxygens (including phenoxy) is 1. The lowest BCUT2D eigenvalue weighted by Gasteiger charge is -2.20. The highest BCUT2D eigenvalue weighted by Gasteiger charge is 2.53. The molecule has 3 rings (SSSR count). The third-order valence-electron chi connectivity index (χ3n) is 3.53. The maximum Gasteiger partial charge on any atom is 0.310 e. The molecule has 2 heterocycles. The van der Waals surface area contributed by atoms with Gasteiger partial charge in [0.25, 0.3) is 0 Å². The molecule has 0 radical (unpaired) electrons. The molecule has 1 fully saturated rings. The van der Waals surface area contributed by atoms with Gasteiger partial charge in [0, 0.05) is 5.69 Å². The van der Waals surface area contributed by atoms with Crippen LogP contribution in [0.2, 0.25) is 0 Å². The second-order valence-electron chi connectivity index (χ2n) is 4.70. The number of benzene rings is 1. The van der Waals surface area contributed by atoms with Gasteiger partial charge in [-0.1, -0.05) is 30.4 Å². The summed E-state index contributed by atoms with van der Waals surface area (Å²) in [6.45, 7) is 0. The highest BCUT2D eigenvalue weighted by atomic mass is 16.5. The first kappa shape index (κ1) is 11.9. The topological polar surface area (TPSA) is 75.6 Å². The first-order chi connectivity index (χ1) is 9.16. The molecular formula is C14H13NO4. The van der Waals surface area contributed by atoms with Gasteiger partial charge in [-0.15, -0.1) is 0 Å². The summed E-state index contributed by atoms with van der Waals surface area (Å²) in [5.74, 6) is -2.79. The summed E-state index contributed by atoms with van der Waals surface area (Å²) in [5, 5.41) is 12.0. The summed E-state index contributed by atoms with van der Waals surface area (Å²) in [7, 11) is 0. The quantitative estimate of drug-likeness (QED) is 0.802. The van der Waals surface area contributed by atoms with Crippen molar-refractivity contribution in [2.75, 3.05) is 5.32 Å². The minimum Gasteiger partial charge on any atom is -0.481 e. The zero-order valence-electron chi connectivity index (χ0n) is 10.0. The lowest BCUT2D eigenvalue weighted by molar-refractivity contribution is -0.145. The van der Waals surface area contributed by atoms with Crippen LogP contribution in [0.15, 0.2) is 42.5 Å². The molecule has 19 heavy (non-hydrogen) atoms. The van der Waals surface area contributed by atoms with E-state index in [4.69, 9.17) is 4.74 Å². The number of amides is 1. The van der Waals surface area contributed by atoms with Crippen LogP contribution in [0.3, 0.4) is 0 Å². The molecule has 1 saturated heterocycles. The maximum absolute atomic E-state index is 12.2. The summed E-state index contributed by atoms with van der Waals surface area (Å²) in [5.41, 5.74) is 0.656. The number of hydrogen-bond acceptors (Lipinski definition) is 3. The molecular weight excluding hydrogens is 246 g/mol. The summed E-state index contributed by atoms with van der Waals surface area (Å²) in [4.78, 5) is 23.5. The number of fused-ring (bicyclic) bond motifs is 2. The van der Waals surface area contributed by atoms with E-state index in [1.54, 1.807) is 24.3 Å². The van der Waals surface area contributed by atoms with E-state index in [0.29, 0.717) is 5.69 Å². The van der Waals surface area contributed by atoms with Gasteiger partial charge < -0.3 is 15.2 Å². The number of aliphatic carboxylic acids is 1. The van der Waals surface area contributed by atoms with Crippen LogP contribution in [-0.2, 0) is 14.3 Å². The fourth-order valence-electron chi connectivity index (χ4n) is 2.66. The van der Waals surface area contributed by atoms with Crippen molar-refractivity contribution in [3.05, 3.63) is 42.5 Å². The van der Waals surface area contributed by atoms with Gasteiger partial charge in [0.2, 0.25) is 5.91 Å². The Hall–Kier alpha value is -2.14. The predicted molar refractivity (Wildman–Crippen MR) is 67.5 cm³/mol. The molecule has 2 aliphatic heterocycles. The summed E-state index contributed by atoms with van der Waals surface area (Å²) >= 11 is 0. The first-order valence-electron chi connectivity index (χ1n) is 6.09. The van der Waals surface area contributed by atoms with E-state index in [9.17, 15) is 14.7 Å². The molecule has 5 heteroatoms. The lowest BCUT2D eigenvalue weighted by Crippen LogP contribution is -2.39. The molecule has 2 aliphatic rings. The van der Waals surface area contributed by atoms with E-state index >= 15 is 0 Å². The molecule has 1 aromatic rings. The average molecular weight is 259 g/mol. The zero-order valence-corrected chi connectivity index (χ0v) is 10.0. The van der Waals surface area contributed by atoms with E-state index < -0.39 is 30.0 Å². The number of hydrogen-bond donors (Lipinski definition) is 2. The molecule has 1 amide bonds. The Balaban J connectivity index is 1.79. The molecule has 0 aromatic heterocycles. The number of anilines is 1. The van der Waals surface area contributed by atoms with Crippen LogP contribution in [0, 0.1) is 11.8 Å². The number of carbonyl (C=O) groups excluding carboxylic acids is 1. The normalized spacial score (nSPS) is 31.4. The van der Waals surface area contributed by atoms with Crippen LogP contribution in [0.4, 0.5) is 5.69 Å². The Morgan fingerprint density at radius 3 is 2.32 bits per heavy atom. The van der Waals surface area contributed by atoms with Gasteiger partial charge in [-0.25, -0.2) is 0 Å². The van der Waals surface area contributed by atoms with Gasteiger partial charge in [0.1, 0.15) is 5.92 Å². The Kier molecular flexibility index (Phi) is 2.83. The SMILES string of the molecule is O=C(O)[C@@H]1[C@H](C(=O)Nc2ccccc2)[C@H]2C=C[C@H]1O2. The van der Waals surface area contributed by atoms with Gasteiger partial charge in [-0.2, -0.15) is 0 Å². The second-order valence-corrected chi connectivity index (χ2v) is 4.70. The Morgan fingerprint density at radius 1 is 1.05 bits per heavy atom. The molecule has 2 N–H and O–H groups in total. The van der Waals surface area contributed by atoms with Crippen LogP contribution in [0.5, 0.6) is 0 Å². The second kappa shape index (κ2) is 4.51. The van der Waals surface area contributed by atoms with E-state index in [1.165, 1.54) is 0 Å². The minimum absolute atomic E-state index is 0.310. The standard InChI is InChI=1S/C14H13NO4/c16-13(15-8-4-2-1-3-5-8)11-9-6-7-10(19-9)12(11)14(17)18/h1-7,9-12H,(H,15,16)(H,17,18)/t9-,10-,11-,12+/m1/s1. The van der Waals surface area contributed by atoms with Crippen LogP contribution in [-0.4, -0.2) is 29.2 Å². The molecule has 0 spiro atoms.